The number of amides is 1. The van der Waals surface area contributed by atoms with Crippen LogP contribution in [0.5, 0.6) is 5.75 Å². The molecule has 1 amide bonds. The fourth-order valence-electron chi connectivity index (χ4n) is 3.22. The van der Waals surface area contributed by atoms with Gasteiger partial charge in [-0.1, -0.05) is 55.8 Å². The Labute approximate surface area is 189 Å². The summed E-state index contributed by atoms with van der Waals surface area (Å²) in [6, 6.07) is 15.9. The van der Waals surface area contributed by atoms with Crippen molar-refractivity contribution in [2.45, 2.75) is 38.0 Å². The fourth-order valence-corrected chi connectivity index (χ4v) is 4.36. The van der Waals surface area contributed by atoms with Gasteiger partial charge in [0.05, 0.1) is 25.1 Å². The number of carbonyl (C=O) groups excluding carboxylic acids is 1. The third kappa shape index (κ3) is 6.10. The van der Waals surface area contributed by atoms with Crippen LogP contribution in [-0.2, 0) is 11.3 Å². The molecule has 0 radical (unpaired) electrons. The zero-order valence-corrected chi connectivity index (χ0v) is 19.4. The molecule has 1 atom stereocenters. The second kappa shape index (κ2) is 11.0. The summed E-state index contributed by atoms with van der Waals surface area (Å²) in [5, 5.41) is 9.26. The minimum absolute atomic E-state index is 0.0912. The van der Waals surface area contributed by atoms with E-state index in [1.807, 2.05) is 62.6 Å². The lowest BCUT2D eigenvalue weighted by Gasteiger charge is -2.16. The lowest BCUT2D eigenvalue weighted by Crippen LogP contribution is -2.31. The molecule has 0 unspecified atom stereocenters. The summed E-state index contributed by atoms with van der Waals surface area (Å²) >= 11 is 1.52. The summed E-state index contributed by atoms with van der Waals surface area (Å²) in [6.45, 7) is 2.62. The fraction of sp³-hybridized carbons (Fsp3) is 0.375. The number of hydrogen-bond acceptors (Lipinski definition) is 6. The Morgan fingerprint density at radius 3 is 2.45 bits per heavy atom. The molecule has 0 saturated carbocycles. The number of unbranched alkanes of at least 4 members (excludes halogenated alkanes) is 1. The van der Waals surface area contributed by atoms with Gasteiger partial charge in [-0.25, -0.2) is 0 Å². The quantitative estimate of drug-likeness (QED) is 0.417. The van der Waals surface area contributed by atoms with Gasteiger partial charge in [-0.15, -0.1) is 5.10 Å². The molecule has 1 aliphatic rings. The highest BCUT2D eigenvalue weighted by molar-refractivity contribution is 8.15. The molecule has 0 spiro atoms. The second-order valence-corrected chi connectivity index (χ2v) is 8.80. The number of nitrogens with zero attached hydrogens (tertiary/aromatic N) is 4. The Kier molecular flexibility index (Phi) is 8.12. The van der Waals surface area contributed by atoms with E-state index in [4.69, 9.17) is 4.74 Å². The lowest BCUT2D eigenvalue weighted by atomic mass is 10.1. The Balaban J connectivity index is 1.76. The van der Waals surface area contributed by atoms with Crippen molar-refractivity contribution in [3.63, 3.8) is 0 Å². The first-order valence-corrected chi connectivity index (χ1v) is 11.4. The SMILES string of the molecule is CCCC[C@@H]1S/C(=N/N=C\c2ccc(N(C)C)cc2)N(Cc2ccc(OC)cc2)C1=O. The molecular weight excluding hydrogens is 408 g/mol. The van der Waals surface area contributed by atoms with E-state index in [0.29, 0.717) is 11.7 Å². The molecule has 1 saturated heterocycles. The summed E-state index contributed by atoms with van der Waals surface area (Å²) in [7, 11) is 5.66. The van der Waals surface area contributed by atoms with Crippen LogP contribution in [0.25, 0.3) is 0 Å². The smallest absolute Gasteiger partial charge is 0.242 e. The Morgan fingerprint density at radius 1 is 1.13 bits per heavy atom. The van der Waals surface area contributed by atoms with Crippen molar-refractivity contribution in [3.8, 4) is 5.75 Å². The van der Waals surface area contributed by atoms with Gasteiger partial charge in [-0.05, 0) is 41.8 Å². The lowest BCUT2D eigenvalue weighted by molar-refractivity contribution is -0.126. The highest BCUT2D eigenvalue weighted by Crippen LogP contribution is 2.32. The van der Waals surface area contributed by atoms with E-state index in [-0.39, 0.29) is 11.2 Å². The molecule has 2 aromatic carbocycles. The molecule has 31 heavy (non-hydrogen) atoms. The number of methoxy groups -OCH3 is 1. The number of carbonyl (C=O) groups is 1. The van der Waals surface area contributed by atoms with Crippen molar-refractivity contribution in [2.75, 3.05) is 26.1 Å². The Bertz CT molecular complexity index is 924. The van der Waals surface area contributed by atoms with Crippen molar-refractivity contribution >= 4 is 34.7 Å². The van der Waals surface area contributed by atoms with Crippen LogP contribution in [0.1, 0.15) is 37.3 Å². The van der Waals surface area contributed by atoms with Crippen molar-refractivity contribution in [1.29, 1.82) is 0 Å². The number of amidine groups is 1. The van der Waals surface area contributed by atoms with E-state index < -0.39 is 0 Å². The van der Waals surface area contributed by atoms with Gasteiger partial charge >= 0.3 is 0 Å². The van der Waals surface area contributed by atoms with Gasteiger partial charge in [-0.3, -0.25) is 9.69 Å². The number of anilines is 1. The maximum absolute atomic E-state index is 13.0. The molecule has 6 nitrogen and oxygen atoms in total. The molecule has 164 valence electrons. The van der Waals surface area contributed by atoms with Gasteiger partial charge in [0.25, 0.3) is 0 Å². The van der Waals surface area contributed by atoms with E-state index in [1.165, 1.54) is 11.8 Å². The van der Waals surface area contributed by atoms with E-state index in [2.05, 4.69) is 22.0 Å². The second-order valence-electron chi connectivity index (χ2n) is 7.63. The van der Waals surface area contributed by atoms with E-state index in [9.17, 15) is 4.79 Å². The van der Waals surface area contributed by atoms with Crippen molar-refractivity contribution in [1.82, 2.24) is 4.90 Å². The van der Waals surface area contributed by atoms with E-state index in [0.717, 1.165) is 41.8 Å². The summed E-state index contributed by atoms with van der Waals surface area (Å²) in [6.07, 6.45) is 4.67. The molecule has 0 bridgehead atoms. The Morgan fingerprint density at radius 2 is 1.84 bits per heavy atom. The van der Waals surface area contributed by atoms with Gasteiger partial charge in [0, 0.05) is 19.8 Å². The van der Waals surface area contributed by atoms with Crippen LogP contribution in [0, 0.1) is 0 Å². The van der Waals surface area contributed by atoms with Crippen LogP contribution in [0.4, 0.5) is 5.69 Å². The standard InChI is InChI=1S/C24H30N4O2S/c1-5-6-7-22-23(29)28(17-19-10-14-21(30-4)15-11-19)24(31-22)26-25-16-18-8-12-20(13-9-18)27(2)3/h8-16,22H,5-7,17H2,1-4H3/b25-16-,26-24+/t22-/m0/s1. The van der Waals surface area contributed by atoms with Crippen LogP contribution < -0.4 is 9.64 Å². The number of rotatable bonds is 9. The molecule has 1 aliphatic heterocycles. The van der Waals surface area contributed by atoms with Crippen molar-refractivity contribution in [2.24, 2.45) is 10.2 Å². The third-order valence-corrected chi connectivity index (χ3v) is 6.33. The highest BCUT2D eigenvalue weighted by Gasteiger charge is 2.37. The van der Waals surface area contributed by atoms with E-state index in [1.54, 1.807) is 18.2 Å². The van der Waals surface area contributed by atoms with Gasteiger partial charge < -0.3 is 9.64 Å². The summed E-state index contributed by atoms with van der Waals surface area (Å²) < 4.78 is 5.23. The van der Waals surface area contributed by atoms with Crippen molar-refractivity contribution in [3.05, 3.63) is 59.7 Å². The first kappa shape index (κ1) is 22.9. The van der Waals surface area contributed by atoms with Gasteiger partial charge in [0.1, 0.15) is 5.75 Å². The zero-order valence-electron chi connectivity index (χ0n) is 18.6. The number of ether oxygens (including phenoxy) is 1. The molecule has 7 heteroatoms. The molecule has 1 fully saturated rings. The van der Waals surface area contributed by atoms with Gasteiger partial charge in [0.15, 0.2) is 5.17 Å². The topological polar surface area (TPSA) is 57.5 Å². The average Bonchev–Trinajstić information content (AvgIpc) is 3.07. The minimum atomic E-state index is -0.0912. The molecule has 0 aliphatic carbocycles. The number of hydrogen-bond donors (Lipinski definition) is 0. The van der Waals surface area contributed by atoms with Crippen molar-refractivity contribution < 1.29 is 9.53 Å². The highest BCUT2D eigenvalue weighted by atomic mass is 32.2. The van der Waals surface area contributed by atoms with E-state index >= 15 is 0 Å². The van der Waals surface area contributed by atoms with Crippen LogP contribution in [0.3, 0.4) is 0 Å². The molecular formula is C24H30N4O2S. The maximum atomic E-state index is 13.0. The largest absolute Gasteiger partial charge is 0.497 e. The van der Waals surface area contributed by atoms with Gasteiger partial charge in [0.2, 0.25) is 5.91 Å². The van der Waals surface area contributed by atoms with Crippen LogP contribution >= 0.6 is 11.8 Å². The third-order valence-electron chi connectivity index (χ3n) is 5.10. The molecule has 3 rings (SSSR count). The molecule has 0 aromatic heterocycles. The molecule has 0 N–H and O–H groups in total. The van der Waals surface area contributed by atoms with Crippen LogP contribution in [-0.4, -0.2) is 48.6 Å². The van der Waals surface area contributed by atoms with Gasteiger partial charge in [-0.2, -0.15) is 5.10 Å². The predicted octanol–water partition coefficient (Wildman–Crippen LogP) is 4.79. The molecule has 1 heterocycles. The summed E-state index contributed by atoms with van der Waals surface area (Å²) in [4.78, 5) is 16.8. The first-order chi connectivity index (χ1) is 15.0. The molecule has 2 aromatic rings. The maximum Gasteiger partial charge on any atom is 0.242 e. The van der Waals surface area contributed by atoms with Crippen LogP contribution in [0.15, 0.2) is 58.7 Å². The average molecular weight is 439 g/mol. The number of benzene rings is 2. The normalized spacial score (nSPS) is 17.7. The zero-order chi connectivity index (χ0) is 22.2. The minimum Gasteiger partial charge on any atom is -0.497 e. The summed E-state index contributed by atoms with van der Waals surface area (Å²) in [5.74, 6) is 0.907. The monoisotopic (exact) mass is 438 g/mol. The first-order valence-electron chi connectivity index (χ1n) is 10.5. The predicted molar refractivity (Wildman–Crippen MR) is 130 cm³/mol. The Hall–Kier alpha value is -2.80. The number of thioether (sulfide) groups is 1. The van der Waals surface area contributed by atoms with Crippen LogP contribution in [0.2, 0.25) is 0 Å². The summed E-state index contributed by atoms with van der Waals surface area (Å²) in [5.41, 5.74) is 3.13.